The van der Waals surface area contributed by atoms with Gasteiger partial charge in [-0.15, -0.1) is 0 Å². The van der Waals surface area contributed by atoms with Crippen LogP contribution in [0.15, 0.2) is 0 Å². The molecule has 14 heavy (non-hydrogen) atoms. The van der Waals surface area contributed by atoms with Crippen LogP contribution in [0.25, 0.3) is 0 Å². The summed E-state index contributed by atoms with van der Waals surface area (Å²) in [6.07, 6.45) is 0.522. The predicted octanol–water partition coefficient (Wildman–Crippen LogP) is 0.740. The third-order valence-corrected chi connectivity index (χ3v) is 1.79. The molecule has 2 N–H and O–H groups in total. The molecule has 0 atom stereocenters. The number of hydrogen-bond donors (Lipinski definition) is 2. The van der Waals surface area contributed by atoms with E-state index in [1.807, 2.05) is 20.8 Å². The van der Waals surface area contributed by atoms with Gasteiger partial charge in [-0.1, -0.05) is 0 Å². The van der Waals surface area contributed by atoms with Crippen LogP contribution in [0.5, 0.6) is 0 Å². The SMILES string of the molecule is CCN(C(=O)NOCCCO)C(C)C. The summed E-state index contributed by atoms with van der Waals surface area (Å²) >= 11 is 0. The molecule has 0 fully saturated rings. The van der Waals surface area contributed by atoms with E-state index in [1.54, 1.807) is 4.90 Å². The minimum absolute atomic E-state index is 0.0670. The molecule has 5 nitrogen and oxygen atoms in total. The fourth-order valence-corrected chi connectivity index (χ4v) is 1.05. The quantitative estimate of drug-likeness (QED) is 0.495. The van der Waals surface area contributed by atoms with Crippen molar-refractivity contribution in [1.29, 1.82) is 0 Å². The summed E-state index contributed by atoms with van der Waals surface area (Å²) in [7, 11) is 0. The Hall–Kier alpha value is -0.810. The summed E-state index contributed by atoms with van der Waals surface area (Å²) in [5, 5.41) is 8.47. The number of rotatable bonds is 6. The molecule has 0 aromatic rings. The van der Waals surface area contributed by atoms with Gasteiger partial charge in [0.05, 0.1) is 6.61 Å². The number of nitrogens with zero attached hydrogens (tertiary/aromatic N) is 1. The van der Waals surface area contributed by atoms with E-state index in [0.717, 1.165) is 0 Å². The average Bonchev–Trinajstić information content (AvgIpc) is 2.13. The fourth-order valence-electron chi connectivity index (χ4n) is 1.05. The molecule has 2 amide bonds. The lowest BCUT2D eigenvalue weighted by atomic mass is 10.3. The van der Waals surface area contributed by atoms with E-state index in [-0.39, 0.29) is 18.7 Å². The maximum absolute atomic E-state index is 11.4. The van der Waals surface area contributed by atoms with Crippen molar-refractivity contribution >= 4 is 6.03 Å². The van der Waals surface area contributed by atoms with E-state index in [1.165, 1.54) is 0 Å². The van der Waals surface area contributed by atoms with Crippen molar-refractivity contribution in [2.24, 2.45) is 0 Å². The predicted molar refractivity (Wildman–Crippen MR) is 53.7 cm³/mol. The third kappa shape index (κ3) is 5.04. The Bertz CT molecular complexity index is 162. The standard InChI is InChI=1S/C9H20N2O3/c1-4-11(8(2)3)9(13)10-14-7-5-6-12/h8,12H,4-7H2,1-3H3,(H,10,13). The maximum atomic E-state index is 11.4. The van der Waals surface area contributed by atoms with E-state index < -0.39 is 0 Å². The highest BCUT2D eigenvalue weighted by Gasteiger charge is 2.13. The first-order chi connectivity index (χ1) is 6.63. The Morgan fingerprint density at radius 1 is 1.57 bits per heavy atom. The monoisotopic (exact) mass is 204 g/mol. The number of hydroxylamine groups is 1. The summed E-state index contributed by atoms with van der Waals surface area (Å²) in [6, 6.07) is -0.0816. The van der Waals surface area contributed by atoms with Crippen molar-refractivity contribution in [2.45, 2.75) is 33.2 Å². The van der Waals surface area contributed by atoms with E-state index in [0.29, 0.717) is 19.6 Å². The number of aliphatic hydroxyl groups is 1. The number of nitrogens with one attached hydrogen (secondary N) is 1. The number of carbonyl (C=O) groups is 1. The van der Waals surface area contributed by atoms with Crippen LogP contribution in [0.2, 0.25) is 0 Å². The number of urea groups is 1. The van der Waals surface area contributed by atoms with Crippen LogP contribution in [0.4, 0.5) is 4.79 Å². The molecule has 5 heteroatoms. The molecule has 0 aliphatic heterocycles. The van der Waals surface area contributed by atoms with Gasteiger partial charge in [0, 0.05) is 19.2 Å². The third-order valence-electron chi connectivity index (χ3n) is 1.79. The zero-order chi connectivity index (χ0) is 11.0. The van der Waals surface area contributed by atoms with Crippen LogP contribution in [-0.2, 0) is 4.84 Å². The molecular formula is C9H20N2O3. The van der Waals surface area contributed by atoms with Crippen LogP contribution >= 0.6 is 0 Å². The van der Waals surface area contributed by atoms with Crippen LogP contribution < -0.4 is 5.48 Å². The normalized spacial score (nSPS) is 10.4. The minimum atomic E-state index is -0.236. The molecule has 0 bridgehead atoms. The fraction of sp³-hybridized carbons (Fsp3) is 0.889. The molecule has 0 aliphatic rings. The van der Waals surface area contributed by atoms with Gasteiger partial charge in [-0.05, 0) is 27.2 Å². The van der Waals surface area contributed by atoms with Crippen molar-refractivity contribution in [2.75, 3.05) is 19.8 Å². The number of carbonyl (C=O) groups excluding carboxylic acids is 1. The van der Waals surface area contributed by atoms with Crippen LogP contribution in [0.1, 0.15) is 27.2 Å². The van der Waals surface area contributed by atoms with Crippen molar-refractivity contribution in [1.82, 2.24) is 10.4 Å². The Kier molecular flexibility index (Phi) is 7.14. The molecular weight excluding hydrogens is 184 g/mol. The second-order valence-electron chi connectivity index (χ2n) is 3.21. The lowest BCUT2D eigenvalue weighted by Gasteiger charge is -2.24. The molecule has 0 aromatic heterocycles. The summed E-state index contributed by atoms with van der Waals surface area (Å²) < 4.78 is 0. The van der Waals surface area contributed by atoms with E-state index in [9.17, 15) is 4.79 Å². The van der Waals surface area contributed by atoms with Crippen LogP contribution in [0, 0.1) is 0 Å². The van der Waals surface area contributed by atoms with Gasteiger partial charge in [0.25, 0.3) is 0 Å². The van der Waals surface area contributed by atoms with Crippen LogP contribution in [-0.4, -0.2) is 41.8 Å². The van der Waals surface area contributed by atoms with Gasteiger partial charge in [-0.25, -0.2) is 10.3 Å². The van der Waals surface area contributed by atoms with Gasteiger partial charge in [0.2, 0.25) is 0 Å². The van der Waals surface area contributed by atoms with Gasteiger partial charge in [-0.2, -0.15) is 0 Å². The molecule has 0 saturated heterocycles. The summed E-state index contributed by atoms with van der Waals surface area (Å²) in [5.41, 5.74) is 2.33. The van der Waals surface area contributed by atoms with Crippen molar-refractivity contribution < 1.29 is 14.7 Å². The van der Waals surface area contributed by atoms with Crippen molar-refractivity contribution in [3.63, 3.8) is 0 Å². The summed E-state index contributed by atoms with van der Waals surface area (Å²) in [6.45, 7) is 6.84. The molecule has 0 aliphatic carbocycles. The molecule has 0 aromatic carbocycles. The second-order valence-corrected chi connectivity index (χ2v) is 3.21. The number of aliphatic hydroxyl groups excluding tert-OH is 1. The average molecular weight is 204 g/mol. The second kappa shape index (κ2) is 7.58. The molecule has 0 heterocycles. The van der Waals surface area contributed by atoms with Gasteiger partial charge in [-0.3, -0.25) is 4.84 Å². The first kappa shape index (κ1) is 13.2. The van der Waals surface area contributed by atoms with E-state index in [2.05, 4.69) is 5.48 Å². The van der Waals surface area contributed by atoms with Gasteiger partial charge in [0.15, 0.2) is 0 Å². The number of amides is 2. The van der Waals surface area contributed by atoms with Crippen molar-refractivity contribution in [3.8, 4) is 0 Å². The minimum Gasteiger partial charge on any atom is -0.396 e. The zero-order valence-electron chi connectivity index (χ0n) is 9.12. The molecule has 84 valence electrons. The summed E-state index contributed by atoms with van der Waals surface area (Å²) in [4.78, 5) is 17.9. The van der Waals surface area contributed by atoms with E-state index >= 15 is 0 Å². The smallest absolute Gasteiger partial charge is 0.341 e. The molecule has 0 rings (SSSR count). The van der Waals surface area contributed by atoms with Gasteiger partial charge >= 0.3 is 6.03 Å². The Labute approximate surface area is 85.0 Å². The first-order valence-electron chi connectivity index (χ1n) is 4.92. The Morgan fingerprint density at radius 2 is 2.21 bits per heavy atom. The zero-order valence-corrected chi connectivity index (χ0v) is 9.12. The van der Waals surface area contributed by atoms with Crippen molar-refractivity contribution in [3.05, 3.63) is 0 Å². The lowest BCUT2D eigenvalue weighted by Crippen LogP contribution is -2.43. The van der Waals surface area contributed by atoms with Crippen LogP contribution in [0.3, 0.4) is 0 Å². The highest BCUT2D eigenvalue weighted by atomic mass is 16.7. The topological polar surface area (TPSA) is 61.8 Å². The Morgan fingerprint density at radius 3 is 2.64 bits per heavy atom. The molecule has 0 spiro atoms. The molecule has 0 unspecified atom stereocenters. The first-order valence-corrected chi connectivity index (χ1v) is 4.92. The van der Waals surface area contributed by atoms with Gasteiger partial charge < -0.3 is 10.0 Å². The Balaban J connectivity index is 3.70. The maximum Gasteiger partial charge on any atom is 0.341 e. The lowest BCUT2D eigenvalue weighted by molar-refractivity contribution is 0.0372. The summed E-state index contributed by atoms with van der Waals surface area (Å²) in [5.74, 6) is 0. The largest absolute Gasteiger partial charge is 0.396 e. The highest BCUT2D eigenvalue weighted by molar-refractivity contribution is 5.73. The van der Waals surface area contributed by atoms with Gasteiger partial charge in [0.1, 0.15) is 0 Å². The number of hydrogen-bond acceptors (Lipinski definition) is 3. The van der Waals surface area contributed by atoms with E-state index in [4.69, 9.17) is 9.94 Å². The highest BCUT2D eigenvalue weighted by Crippen LogP contribution is 1.97. The molecule has 0 saturated carbocycles. The molecule has 0 radical (unpaired) electrons.